The Kier molecular flexibility index (Phi) is 10.2. The molecule has 0 bridgehead atoms. The number of ketones is 1. The number of pyridine rings is 1. The van der Waals surface area contributed by atoms with E-state index >= 15 is 0 Å². The number of aromatic nitrogens is 1. The number of esters is 3. The van der Waals surface area contributed by atoms with Crippen LogP contribution in [-0.2, 0) is 33.3 Å². The largest absolute Gasteiger partial charge is 0.493 e. The lowest BCUT2D eigenvalue weighted by atomic mass is 9.92. The molecule has 1 aromatic heterocycles. The number of hydrogen-bond acceptors (Lipinski definition) is 11. The number of methoxy groups -OCH3 is 1. The van der Waals surface area contributed by atoms with Crippen molar-refractivity contribution in [3.8, 4) is 11.5 Å². The number of carbonyl (C=O) groups excluding carboxylic acids is 4. The monoisotopic (exact) mass is 521 g/mol. The number of ether oxygens (including phenoxy) is 6. The summed E-state index contributed by atoms with van der Waals surface area (Å²) in [6, 6.07) is 1.50. The van der Waals surface area contributed by atoms with E-state index < -0.39 is 42.6 Å². The first-order valence-corrected chi connectivity index (χ1v) is 12.6. The van der Waals surface area contributed by atoms with Gasteiger partial charge in [-0.05, 0) is 32.6 Å². The Labute approximate surface area is 216 Å². The van der Waals surface area contributed by atoms with Gasteiger partial charge < -0.3 is 28.4 Å². The van der Waals surface area contributed by atoms with Crippen molar-refractivity contribution in [1.29, 1.82) is 0 Å². The normalized spacial score (nSPS) is 24.4. The molecule has 1 saturated carbocycles. The molecular formula is C26H35NO10. The van der Waals surface area contributed by atoms with Crippen LogP contribution in [0.15, 0.2) is 12.3 Å². The van der Waals surface area contributed by atoms with E-state index in [1.165, 1.54) is 26.3 Å². The Bertz CT molecular complexity index is 976. The van der Waals surface area contributed by atoms with Gasteiger partial charge in [-0.15, -0.1) is 0 Å². The van der Waals surface area contributed by atoms with Crippen LogP contribution in [0, 0.1) is 17.8 Å². The van der Waals surface area contributed by atoms with Crippen molar-refractivity contribution in [3.05, 3.63) is 18.0 Å². The summed E-state index contributed by atoms with van der Waals surface area (Å²) in [6.07, 6.45) is 2.80. The maximum Gasteiger partial charge on any atom is 0.312 e. The SMILES string of the molecule is CC[C@H]1CCOC[C@H](CC(=O)c2nccc(OC)c2OCOC(C)=O)C(=O)O[C@@H](C)[C@@H]1OC(=O)C1CC1. The van der Waals surface area contributed by atoms with Crippen LogP contribution in [0.25, 0.3) is 0 Å². The molecule has 0 spiro atoms. The molecule has 204 valence electrons. The molecule has 11 nitrogen and oxygen atoms in total. The van der Waals surface area contributed by atoms with Crippen LogP contribution in [0.2, 0.25) is 0 Å². The summed E-state index contributed by atoms with van der Waals surface area (Å²) in [5.74, 6) is -2.76. The lowest BCUT2D eigenvalue weighted by Gasteiger charge is -2.33. The van der Waals surface area contributed by atoms with Crippen LogP contribution in [0.4, 0.5) is 0 Å². The third kappa shape index (κ3) is 7.88. The van der Waals surface area contributed by atoms with E-state index in [0.29, 0.717) is 13.0 Å². The first-order valence-electron chi connectivity index (χ1n) is 12.6. The average molecular weight is 522 g/mol. The molecule has 1 saturated heterocycles. The Morgan fingerprint density at radius 2 is 1.95 bits per heavy atom. The molecule has 2 fully saturated rings. The third-order valence-electron chi connectivity index (χ3n) is 6.45. The zero-order valence-corrected chi connectivity index (χ0v) is 21.7. The summed E-state index contributed by atoms with van der Waals surface area (Å²) in [5, 5.41) is 0. The van der Waals surface area contributed by atoms with Gasteiger partial charge in [0.05, 0.1) is 25.6 Å². The molecule has 0 N–H and O–H groups in total. The lowest BCUT2D eigenvalue weighted by Crippen LogP contribution is -2.42. The van der Waals surface area contributed by atoms with E-state index in [-0.39, 0.29) is 48.0 Å². The van der Waals surface area contributed by atoms with E-state index in [1.807, 2.05) is 6.92 Å². The van der Waals surface area contributed by atoms with Crippen molar-refractivity contribution in [2.45, 2.75) is 65.1 Å². The highest BCUT2D eigenvalue weighted by molar-refractivity contribution is 5.99. The molecule has 37 heavy (non-hydrogen) atoms. The minimum absolute atomic E-state index is 0.00314. The van der Waals surface area contributed by atoms with Crippen molar-refractivity contribution in [1.82, 2.24) is 4.98 Å². The number of Topliss-reactive ketones (excluding diaryl/α,β-unsaturated/α-hetero) is 1. The Balaban J connectivity index is 1.74. The molecule has 0 aromatic carbocycles. The van der Waals surface area contributed by atoms with E-state index in [0.717, 1.165) is 19.3 Å². The average Bonchev–Trinajstić information content (AvgIpc) is 3.71. The first kappa shape index (κ1) is 28.4. The van der Waals surface area contributed by atoms with Crippen LogP contribution < -0.4 is 9.47 Å². The molecule has 3 rings (SSSR count). The van der Waals surface area contributed by atoms with Crippen molar-refractivity contribution < 1.29 is 47.6 Å². The van der Waals surface area contributed by atoms with Crippen molar-refractivity contribution in [3.63, 3.8) is 0 Å². The quantitative estimate of drug-likeness (QED) is 0.194. The molecule has 2 heterocycles. The van der Waals surface area contributed by atoms with Crippen molar-refractivity contribution in [2.24, 2.45) is 17.8 Å². The van der Waals surface area contributed by atoms with Crippen molar-refractivity contribution >= 4 is 23.7 Å². The van der Waals surface area contributed by atoms with E-state index in [9.17, 15) is 19.2 Å². The van der Waals surface area contributed by atoms with Crippen LogP contribution in [0.5, 0.6) is 11.5 Å². The molecule has 0 radical (unpaired) electrons. The van der Waals surface area contributed by atoms with Gasteiger partial charge in [0.25, 0.3) is 0 Å². The highest BCUT2D eigenvalue weighted by Gasteiger charge is 2.39. The molecule has 11 heteroatoms. The van der Waals surface area contributed by atoms with Crippen LogP contribution in [-0.4, -0.2) is 68.0 Å². The standard InChI is InChI=1S/C26H35NO10/c1-5-17-9-11-33-13-19(26(31)36-15(2)23(17)37-25(30)18-6-7-18)12-20(29)22-24(35-14-34-16(3)28)21(32-4)8-10-27-22/h8,10,15,17-19,23H,5-7,9,11-14H2,1-4H3/t15-,17-,19-,23-/m0/s1. The minimum Gasteiger partial charge on any atom is -0.493 e. The van der Waals surface area contributed by atoms with Gasteiger partial charge in [0.1, 0.15) is 12.2 Å². The molecule has 2 aliphatic rings. The van der Waals surface area contributed by atoms with E-state index in [4.69, 9.17) is 28.4 Å². The number of hydrogen-bond donors (Lipinski definition) is 0. The fraction of sp³-hybridized carbons (Fsp3) is 0.654. The molecular weight excluding hydrogens is 486 g/mol. The van der Waals surface area contributed by atoms with Gasteiger partial charge in [0.2, 0.25) is 6.79 Å². The summed E-state index contributed by atoms with van der Waals surface area (Å²) in [7, 11) is 1.40. The molecule has 1 aromatic rings. The van der Waals surface area contributed by atoms with Gasteiger partial charge >= 0.3 is 17.9 Å². The molecule has 4 atom stereocenters. The van der Waals surface area contributed by atoms with Gasteiger partial charge in [-0.2, -0.15) is 0 Å². The maximum atomic E-state index is 13.2. The number of nitrogens with zero attached hydrogens (tertiary/aromatic N) is 1. The Morgan fingerprint density at radius 3 is 2.59 bits per heavy atom. The summed E-state index contributed by atoms with van der Waals surface area (Å²) >= 11 is 0. The summed E-state index contributed by atoms with van der Waals surface area (Å²) < 4.78 is 32.7. The van der Waals surface area contributed by atoms with Crippen molar-refractivity contribution in [2.75, 3.05) is 27.1 Å². The summed E-state index contributed by atoms with van der Waals surface area (Å²) in [5.41, 5.74) is -0.0771. The van der Waals surface area contributed by atoms with Crippen LogP contribution >= 0.6 is 0 Å². The number of cyclic esters (lactones) is 1. The Hall–Kier alpha value is -3.21. The molecule has 1 aliphatic heterocycles. The molecule has 0 amide bonds. The zero-order valence-electron chi connectivity index (χ0n) is 21.7. The third-order valence-corrected chi connectivity index (χ3v) is 6.45. The van der Waals surface area contributed by atoms with E-state index in [2.05, 4.69) is 4.98 Å². The van der Waals surface area contributed by atoms with Gasteiger partial charge in [0, 0.05) is 38.1 Å². The smallest absolute Gasteiger partial charge is 0.312 e. The Morgan fingerprint density at radius 1 is 1.19 bits per heavy atom. The summed E-state index contributed by atoms with van der Waals surface area (Å²) in [4.78, 5) is 53.9. The van der Waals surface area contributed by atoms with E-state index in [1.54, 1.807) is 6.92 Å². The first-order chi connectivity index (χ1) is 17.7. The maximum absolute atomic E-state index is 13.2. The number of carbonyl (C=O) groups is 4. The fourth-order valence-corrected chi connectivity index (χ4v) is 4.16. The second-order valence-corrected chi connectivity index (χ2v) is 9.26. The minimum atomic E-state index is -0.915. The topological polar surface area (TPSA) is 137 Å². The predicted molar refractivity (Wildman–Crippen MR) is 128 cm³/mol. The van der Waals surface area contributed by atoms with Gasteiger partial charge in [0.15, 0.2) is 23.0 Å². The summed E-state index contributed by atoms with van der Waals surface area (Å²) in [6.45, 7) is 4.80. The van der Waals surface area contributed by atoms with Gasteiger partial charge in [-0.1, -0.05) is 6.92 Å². The predicted octanol–water partition coefficient (Wildman–Crippen LogP) is 2.88. The second-order valence-electron chi connectivity index (χ2n) is 9.26. The molecule has 1 aliphatic carbocycles. The second kappa shape index (κ2) is 13.4. The lowest BCUT2D eigenvalue weighted by molar-refractivity contribution is -0.178. The number of rotatable bonds is 10. The van der Waals surface area contributed by atoms with Crippen LogP contribution in [0.1, 0.15) is 63.4 Å². The van der Waals surface area contributed by atoms with Crippen LogP contribution in [0.3, 0.4) is 0 Å². The van der Waals surface area contributed by atoms with Gasteiger partial charge in [-0.3, -0.25) is 19.2 Å². The molecule has 0 unspecified atom stereocenters. The highest BCUT2D eigenvalue weighted by atomic mass is 16.7. The highest BCUT2D eigenvalue weighted by Crippen LogP contribution is 2.34. The fourth-order valence-electron chi connectivity index (χ4n) is 4.16. The zero-order chi connectivity index (χ0) is 26.9. The van der Waals surface area contributed by atoms with Gasteiger partial charge in [-0.25, -0.2) is 4.98 Å².